The Morgan fingerprint density at radius 2 is 2.04 bits per heavy atom. The van der Waals surface area contributed by atoms with Gasteiger partial charge in [-0.15, -0.1) is 0 Å². The number of ketones is 2. The van der Waals surface area contributed by atoms with Crippen molar-refractivity contribution in [3.8, 4) is 0 Å². The average Bonchev–Trinajstić information content (AvgIpc) is 2.93. The van der Waals surface area contributed by atoms with Gasteiger partial charge in [0.15, 0.2) is 5.78 Å². The Morgan fingerprint density at radius 1 is 1.29 bits per heavy atom. The van der Waals surface area contributed by atoms with Gasteiger partial charge in [0.05, 0.1) is 5.60 Å². The average molecular weight is 332 g/mol. The van der Waals surface area contributed by atoms with Crippen LogP contribution in [-0.4, -0.2) is 35.3 Å². The molecule has 3 aliphatic heterocycles. The summed E-state index contributed by atoms with van der Waals surface area (Å²) in [5, 5.41) is 0. The number of esters is 1. The Labute approximate surface area is 142 Å². The van der Waals surface area contributed by atoms with Gasteiger partial charge >= 0.3 is 5.97 Å². The summed E-state index contributed by atoms with van der Waals surface area (Å²) in [4.78, 5) is 36.7. The molecule has 1 fully saturated rings. The second kappa shape index (κ2) is 6.28. The summed E-state index contributed by atoms with van der Waals surface area (Å²) < 4.78 is 11.3. The second-order valence-electron chi connectivity index (χ2n) is 7.57. The Bertz CT molecular complexity index is 632. The van der Waals surface area contributed by atoms with Gasteiger partial charge in [-0.3, -0.25) is 9.59 Å². The fourth-order valence-electron chi connectivity index (χ4n) is 3.88. The first-order valence-electron chi connectivity index (χ1n) is 8.55. The summed E-state index contributed by atoms with van der Waals surface area (Å²) in [7, 11) is 0. The van der Waals surface area contributed by atoms with Gasteiger partial charge in [-0.1, -0.05) is 12.2 Å². The van der Waals surface area contributed by atoms with Crippen LogP contribution < -0.4 is 0 Å². The molecule has 0 saturated carbocycles. The van der Waals surface area contributed by atoms with Crippen molar-refractivity contribution in [1.82, 2.24) is 0 Å². The number of hydrogen-bond acceptors (Lipinski definition) is 5. The molecule has 3 aliphatic rings. The zero-order valence-corrected chi connectivity index (χ0v) is 14.3. The van der Waals surface area contributed by atoms with Gasteiger partial charge in [0.1, 0.15) is 18.0 Å². The first kappa shape index (κ1) is 17.1. The lowest BCUT2D eigenvalue weighted by Gasteiger charge is -2.26. The highest BCUT2D eigenvalue weighted by Gasteiger charge is 2.45. The minimum atomic E-state index is -0.680. The molecule has 0 aromatic rings. The molecule has 24 heavy (non-hydrogen) atoms. The van der Waals surface area contributed by atoms with Crippen molar-refractivity contribution in [2.24, 2.45) is 5.92 Å². The van der Waals surface area contributed by atoms with Crippen LogP contribution in [0.5, 0.6) is 0 Å². The maximum atomic E-state index is 12.4. The van der Waals surface area contributed by atoms with Crippen molar-refractivity contribution in [1.29, 1.82) is 0 Å². The van der Waals surface area contributed by atoms with E-state index in [2.05, 4.69) is 6.58 Å². The predicted octanol–water partition coefficient (Wildman–Crippen LogP) is 2.68. The molecule has 3 heterocycles. The van der Waals surface area contributed by atoms with Crippen molar-refractivity contribution in [3.63, 3.8) is 0 Å². The van der Waals surface area contributed by atoms with Crippen LogP contribution in [-0.2, 0) is 23.9 Å². The molecule has 1 saturated heterocycles. The van der Waals surface area contributed by atoms with E-state index in [-0.39, 0.29) is 42.4 Å². The summed E-state index contributed by atoms with van der Waals surface area (Å²) >= 11 is 0. The van der Waals surface area contributed by atoms with E-state index >= 15 is 0 Å². The third-order valence-electron chi connectivity index (χ3n) is 5.22. The first-order chi connectivity index (χ1) is 11.3. The summed E-state index contributed by atoms with van der Waals surface area (Å²) in [6.07, 6.45) is 3.26. The van der Waals surface area contributed by atoms with Crippen molar-refractivity contribution < 1.29 is 23.9 Å². The number of Topliss-reactive ketones (excluding diaryl/α,β-unsaturated/α-hetero) is 2. The summed E-state index contributed by atoms with van der Waals surface area (Å²) in [6.45, 7) is 7.72. The molecule has 0 N–H and O–H groups in total. The molecular formula is C19H24O5. The van der Waals surface area contributed by atoms with Gasteiger partial charge in [0.25, 0.3) is 0 Å². The molecule has 0 spiro atoms. The molecule has 130 valence electrons. The number of ether oxygens (including phenoxy) is 2. The fraction of sp³-hybridized carbons (Fsp3) is 0.632. The van der Waals surface area contributed by atoms with Crippen LogP contribution in [0.3, 0.4) is 0 Å². The standard InChI is InChI=1S/C19H24O5/c1-11(2)12-4-5-13-7-15(23-18(13)22)9-19(3)10-16(21)17(24-19)8-14(20)6-12/h7,12,15,17H,1,4-6,8-10H2,2-3H3/t12-,15+,17+,19-/m0/s1. The van der Waals surface area contributed by atoms with Crippen molar-refractivity contribution >= 4 is 17.5 Å². The summed E-state index contributed by atoms with van der Waals surface area (Å²) in [5.74, 6) is -0.308. The summed E-state index contributed by atoms with van der Waals surface area (Å²) in [6, 6.07) is 0. The Hall–Kier alpha value is -1.75. The topological polar surface area (TPSA) is 69.7 Å². The van der Waals surface area contributed by atoms with Gasteiger partial charge in [-0.05, 0) is 38.7 Å². The highest BCUT2D eigenvalue weighted by atomic mass is 16.6. The molecule has 4 bridgehead atoms. The lowest BCUT2D eigenvalue weighted by atomic mass is 9.87. The van der Waals surface area contributed by atoms with E-state index in [0.717, 1.165) is 5.57 Å². The third kappa shape index (κ3) is 3.51. The quantitative estimate of drug-likeness (QED) is 0.545. The maximum absolute atomic E-state index is 12.4. The number of fused-ring (bicyclic) bond motifs is 3. The van der Waals surface area contributed by atoms with E-state index in [1.165, 1.54) is 0 Å². The molecule has 0 aliphatic carbocycles. The SMILES string of the molecule is C=C(C)[C@H]1CCC2=C[C@H](C[C@@]3(C)CC(=O)[C@@H](CC(=O)C1)O3)OC2=O. The van der Waals surface area contributed by atoms with E-state index in [9.17, 15) is 14.4 Å². The monoisotopic (exact) mass is 332 g/mol. The van der Waals surface area contributed by atoms with Gasteiger partial charge in [-0.2, -0.15) is 0 Å². The van der Waals surface area contributed by atoms with Crippen molar-refractivity contribution in [3.05, 3.63) is 23.8 Å². The Morgan fingerprint density at radius 3 is 2.75 bits per heavy atom. The molecule has 3 rings (SSSR count). The Balaban J connectivity index is 1.87. The predicted molar refractivity (Wildman–Crippen MR) is 87.3 cm³/mol. The van der Waals surface area contributed by atoms with Crippen LogP contribution in [0.4, 0.5) is 0 Å². The zero-order valence-electron chi connectivity index (χ0n) is 14.3. The lowest BCUT2D eigenvalue weighted by Crippen LogP contribution is -2.31. The van der Waals surface area contributed by atoms with Gasteiger partial charge in [0, 0.05) is 31.3 Å². The molecule has 0 unspecified atom stereocenters. The second-order valence-corrected chi connectivity index (χ2v) is 7.57. The molecule has 0 amide bonds. The number of carbonyl (C=O) groups excluding carboxylic acids is 3. The molecule has 4 atom stereocenters. The van der Waals surface area contributed by atoms with Crippen LogP contribution in [0.1, 0.15) is 52.4 Å². The van der Waals surface area contributed by atoms with Crippen LogP contribution in [0, 0.1) is 5.92 Å². The van der Waals surface area contributed by atoms with Crippen molar-refractivity contribution in [2.75, 3.05) is 0 Å². The Kier molecular flexibility index (Phi) is 4.47. The molecule has 0 aromatic carbocycles. The smallest absolute Gasteiger partial charge is 0.334 e. The molecule has 5 heteroatoms. The number of carbonyl (C=O) groups is 3. The highest BCUT2D eigenvalue weighted by molar-refractivity contribution is 5.92. The van der Waals surface area contributed by atoms with E-state index in [4.69, 9.17) is 9.47 Å². The third-order valence-corrected chi connectivity index (χ3v) is 5.22. The number of rotatable bonds is 1. The highest BCUT2D eigenvalue weighted by Crippen LogP contribution is 2.37. The minimum Gasteiger partial charge on any atom is -0.455 e. The van der Waals surface area contributed by atoms with Crippen LogP contribution in [0.2, 0.25) is 0 Å². The number of allylic oxidation sites excluding steroid dienone is 1. The van der Waals surface area contributed by atoms with Gasteiger partial charge < -0.3 is 9.47 Å². The zero-order chi connectivity index (χ0) is 17.5. The van der Waals surface area contributed by atoms with Crippen LogP contribution >= 0.6 is 0 Å². The minimum absolute atomic E-state index is 0.00823. The van der Waals surface area contributed by atoms with E-state index in [1.54, 1.807) is 0 Å². The fourth-order valence-corrected chi connectivity index (χ4v) is 3.88. The molecule has 0 aromatic heterocycles. The van der Waals surface area contributed by atoms with E-state index < -0.39 is 11.7 Å². The van der Waals surface area contributed by atoms with E-state index in [1.807, 2.05) is 19.9 Å². The molecule has 5 nitrogen and oxygen atoms in total. The van der Waals surface area contributed by atoms with Crippen LogP contribution in [0.25, 0.3) is 0 Å². The normalized spacial score (nSPS) is 37.2. The van der Waals surface area contributed by atoms with Crippen LogP contribution in [0.15, 0.2) is 23.8 Å². The largest absolute Gasteiger partial charge is 0.455 e. The number of hydrogen-bond donors (Lipinski definition) is 0. The summed E-state index contributed by atoms with van der Waals surface area (Å²) in [5.41, 5.74) is 0.897. The van der Waals surface area contributed by atoms with E-state index in [0.29, 0.717) is 31.3 Å². The molecule has 0 radical (unpaired) electrons. The van der Waals surface area contributed by atoms with Gasteiger partial charge in [0.2, 0.25) is 0 Å². The maximum Gasteiger partial charge on any atom is 0.334 e. The lowest BCUT2D eigenvalue weighted by molar-refractivity contribution is -0.143. The van der Waals surface area contributed by atoms with Crippen molar-refractivity contribution in [2.45, 2.75) is 70.2 Å². The van der Waals surface area contributed by atoms with Gasteiger partial charge in [-0.25, -0.2) is 4.79 Å². The molecular weight excluding hydrogens is 308 g/mol. The first-order valence-corrected chi connectivity index (χ1v) is 8.55.